The highest BCUT2D eigenvalue weighted by atomic mass is 16.6. The molecule has 3 aromatic rings. The molecule has 6 nitrogen and oxygen atoms in total. The van der Waals surface area contributed by atoms with Crippen LogP contribution in [0.4, 0.5) is 11.4 Å². The van der Waals surface area contributed by atoms with E-state index in [1.807, 2.05) is 0 Å². The average Bonchev–Trinajstić information content (AvgIpc) is 2.74. The van der Waals surface area contributed by atoms with Crippen molar-refractivity contribution in [1.82, 2.24) is 0 Å². The maximum Gasteiger partial charge on any atom is 0.269 e. The molecule has 0 bridgehead atoms. The predicted molar refractivity (Wildman–Crippen MR) is 106 cm³/mol. The summed E-state index contributed by atoms with van der Waals surface area (Å²) >= 11 is 0. The number of ketones is 2. The Bertz CT molecular complexity index is 1030. The van der Waals surface area contributed by atoms with Gasteiger partial charge >= 0.3 is 0 Å². The van der Waals surface area contributed by atoms with Crippen molar-refractivity contribution in [3.63, 3.8) is 0 Å². The number of nitrogens with zero attached hydrogens (tertiary/aromatic N) is 1. The molecule has 0 saturated carbocycles. The number of anilines is 1. The third-order valence-corrected chi connectivity index (χ3v) is 3.97. The van der Waals surface area contributed by atoms with Crippen LogP contribution in [0, 0.1) is 10.1 Å². The SMILES string of the molecule is O=C(C=C(Nc1ccc([N+](=O)[O-])cc1)C(=O)c1ccccc1)c1ccccc1. The molecule has 0 amide bonds. The highest BCUT2D eigenvalue weighted by Crippen LogP contribution is 2.19. The number of hydrogen-bond donors (Lipinski definition) is 1. The predicted octanol–water partition coefficient (Wildman–Crippen LogP) is 4.66. The number of allylic oxidation sites excluding steroid dienone is 2. The van der Waals surface area contributed by atoms with Gasteiger partial charge in [0.1, 0.15) is 0 Å². The molecular weight excluding hydrogens is 356 g/mol. The summed E-state index contributed by atoms with van der Waals surface area (Å²) in [5.74, 6) is -0.683. The van der Waals surface area contributed by atoms with Crippen molar-refractivity contribution in [1.29, 1.82) is 0 Å². The first-order valence-corrected chi connectivity index (χ1v) is 8.47. The van der Waals surface area contributed by atoms with Gasteiger partial charge in [0, 0.05) is 35.0 Å². The van der Waals surface area contributed by atoms with Gasteiger partial charge in [-0.05, 0) is 12.1 Å². The zero-order valence-corrected chi connectivity index (χ0v) is 14.7. The summed E-state index contributed by atoms with van der Waals surface area (Å²) in [6.07, 6.45) is 1.24. The summed E-state index contributed by atoms with van der Waals surface area (Å²) in [4.78, 5) is 35.8. The van der Waals surface area contributed by atoms with Gasteiger partial charge in [0.25, 0.3) is 5.69 Å². The normalized spacial score (nSPS) is 10.9. The number of nitro groups is 1. The summed E-state index contributed by atoms with van der Waals surface area (Å²) in [6, 6.07) is 22.8. The summed E-state index contributed by atoms with van der Waals surface area (Å²) in [7, 11) is 0. The van der Waals surface area contributed by atoms with Crippen LogP contribution in [0.3, 0.4) is 0 Å². The zero-order chi connectivity index (χ0) is 19.9. The van der Waals surface area contributed by atoms with Crippen LogP contribution in [0.5, 0.6) is 0 Å². The van der Waals surface area contributed by atoms with Crippen molar-refractivity contribution in [3.05, 3.63) is 118 Å². The van der Waals surface area contributed by atoms with Crippen LogP contribution in [0.25, 0.3) is 0 Å². The first kappa shape index (κ1) is 18.7. The van der Waals surface area contributed by atoms with Gasteiger partial charge < -0.3 is 5.32 Å². The van der Waals surface area contributed by atoms with Crippen LogP contribution in [0.2, 0.25) is 0 Å². The Morgan fingerprint density at radius 2 is 1.32 bits per heavy atom. The molecule has 3 rings (SSSR count). The highest BCUT2D eigenvalue weighted by molar-refractivity contribution is 6.16. The fourth-order valence-corrected chi connectivity index (χ4v) is 2.54. The van der Waals surface area contributed by atoms with Gasteiger partial charge in [-0.1, -0.05) is 60.7 Å². The first-order valence-electron chi connectivity index (χ1n) is 8.47. The molecule has 0 aliphatic rings. The van der Waals surface area contributed by atoms with Crippen LogP contribution in [-0.4, -0.2) is 16.5 Å². The number of nitrogens with one attached hydrogen (secondary N) is 1. The first-order chi connectivity index (χ1) is 13.5. The summed E-state index contributed by atoms with van der Waals surface area (Å²) in [5, 5.41) is 13.7. The molecule has 0 radical (unpaired) electrons. The van der Waals surface area contributed by atoms with Crippen molar-refractivity contribution in [3.8, 4) is 0 Å². The molecule has 0 unspecified atom stereocenters. The molecule has 0 aliphatic heterocycles. The Morgan fingerprint density at radius 3 is 1.86 bits per heavy atom. The lowest BCUT2D eigenvalue weighted by Crippen LogP contribution is -2.14. The number of benzene rings is 3. The van der Waals surface area contributed by atoms with Crippen LogP contribution in [0.15, 0.2) is 96.7 Å². The van der Waals surface area contributed by atoms with E-state index in [1.165, 1.54) is 30.3 Å². The highest BCUT2D eigenvalue weighted by Gasteiger charge is 2.15. The Kier molecular flexibility index (Phi) is 5.72. The number of nitro benzene ring substituents is 1. The lowest BCUT2D eigenvalue weighted by Gasteiger charge is -2.10. The summed E-state index contributed by atoms with van der Waals surface area (Å²) in [5.41, 5.74) is 1.34. The van der Waals surface area contributed by atoms with E-state index >= 15 is 0 Å². The van der Waals surface area contributed by atoms with Crippen molar-refractivity contribution in [2.24, 2.45) is 0 Å². The van der Waals surface area contributed by atoms with E-state index in [2.05, 4.69) is 5.32 Å². The molecule has 0 fully saturated rings. The molecule has 0 aliphatic carbocycles. The molecule has 28 heavy (non-hydrogen) atoms. The van der Waals surface area contributed by atoms with Crippen LogP contribution in [-0.2, 0) is 0 Å². The fraction of sp³-hybridized carbons (Fsp3) is 0. The van der Waals surface area contributed by atoms with E-state index in [1.54, 1.807) is 60.7 Å². The second-order valence-electron chi connectivity index (χ2n) is 5.91. The maximum absolute atomic E-state index is 12.9. The van der Waals surface area contributed by atoms with Crippen LogP contribution in [0.1, 0.15) is 20.7 Å². The smallest absolute Gasteiger partial charge is 0.269 e. The molecule has 1 N–H and O–H groups in total. The van der Waals surface area contributed by atoms with E-state index < -0.39 is 4.92 Å². The Hall–Kier alpha value is -4.06. The zero-order valence-electron chi connectivity index (χ0n) is 14.7. The summed E-state index contributed by atoms with van der Waals surface area (Å²) in [6.45, 7) is 0. The van der Waals surface area contributed by atoms with Crippen molar-refractivity contribution >= 4 is 22.9 Å². The third-order valence-electron chi connectivity index (χ3n) is 3.97. The molecule has 0 saturated heterocycles. The van der Waals surface area contributed by atoms with Gasteiger partial charge in [-0.15, -0.1) is 0 Å². The van der Waals surface area contributed by atoms with Gasteiger partial charge in [-0.3, -0.25) is 19.7 Å². The number of rotatable bonds is 7. The maximum atomic E-state index is 12.9. The number of carbonyl (C=O) groups excluding carboxylic acids is 2. The van der Waals surface area contributed by atoms with Crippen molar-refractivity contribution in [2.75, 3.05) is 5.32 Å². The second kappa shape index (κ2) is 8.55. The topological polar surface area (TPSA) is 89.3 Å². The van der Waals surface area contributed by atoms with Crippen molar-refractivity contribution in [2.45, 2.75) is 0 Å². The van der Waals surface area contributed by atoms with E-state index in [0.717, 1.165) is 0 Å². The minimum absolute atomic E-state index is 0.0640. The minimum atomic E-state index is -0.505. The molecule has 3 aromatic carbocycles. The van der Waals surface area contributed by atoms with E-state index in [-0.39, 0.29) is 23.0 Å². The van der Waals surface area contributed by atoms with Gasteiger partial charge in [-0.25, -0.2) is 0 Å². The van der Waals surface area contributed by atoms with Crippen molar-refractivity contribution < 1.29 is 14.5 Å². The largest absolute Gasteiger partial charge is 0.352 e. The Balaban J connectivity index is 1.94. The molecule has 0 heterocycles. The molecule has 6 heteroatoms. The minimum Gasteiger partial charge on any atom is -0.352 e. The Labute approximate surface area is 161 Å². The van der Waals surface area contributed by atoms with E-state index in [0.29, 0.717) is 16.8 Å². The fourth-order valence-electron chi connectivity index (χ4n) is 2.54. The lowest BCUT2D eigenvalue weighted by molar-refractivity contribution is -0.384. The second-order valence-corrected chi connectivity index (χ2v) is 5.91. The molecule has 0 atom stereocenters. The molecular formula is C22H16N2O4. The van der Waals surface area contributed by atoms with Crippen LogP contribution >= 0.6 is 0 Å². The van der Waals surface area contributed by atoms with Gasteiger partial charge in [-0.2, -0.15) is 0 Å². The van der Waals surface area contributed by atoms with E-state index in [9.17, 15) is 19.7 Å². The molecule has 0 aromatic heterocycles. The molecule has 0 spiro atoms. The number of carbonyl (C=O) groups is 2. The van der Waals surface area contributed by atoms with Gasteiger partial charge in [0.2, 0.25) is 5.78 Å². The summed E-state index contributed by atoms with van der Waals surface area (Å²) < 4.78 is 0. The standard InChI is InChI=1S/C22H16N2O4/c25-21(16-7-3-1-4-8-16)15-20(22(26)17-9-5-2-6-10-17)23-18-11-13-19(14-12-18)24(27)28/h1-15,23H. The quantitative estimate of drug-likeness (QED) is 0.282. The van der Waals surface area contributed by atoms with Gasteiger partial charge in [0.15, 0.2) is 5.78 Å². The van der Waals surface area contributed by atoms with E-state index in [4.69, 9.17) is 0 Å². The number of non-ortho nitro benzene ring substituents is 1. The number of Topliss-reactive ketones (excluding diaryl/α,β-unsaturated/α-hetero) is 1. The third kappa shape index (κ3) is 4.56. The lowest BCUT2D eigenvalue weighted by atomic mass is 10.0. The molecule has 138 valence electrons. The van der Waals surface area contributed by atoms with Gasteiger partial charge in [0.05, 0.1) is 10.6 Å². The number of hydrogen-bond acceptors (Lipinski definition) is 5. The monoisotopic (exact) mass is 372 g/mol. The average molecular weight is 372 g/mol. The van der Waals surface area contributed by atoms with Crippen LogP contribution < -0.4 is 5.32 Å². The Morgan fingerprint density at radius 1 is 0.786 bits per heavy atom.